The van der Waals surface area contributed by atoms with E-state index in [1.165, 1.54) is 11.4 Å². The molecule has 2 aromatic heterocycles. The second kappa shape index (κ2) is 2.33. The number of aryl methyl sites for hydroxylation is 1. The Morgan fingerprint density at radius 3 is 3.31 bits per heavy atom. The Labute approximate surface area is 76.2 Å². The third-order valence-corrected chi connectivity index (χ3v) is 2.69. The van der Waals surface area contributed by atoms with Gasteiger partial charge in [-0.05, 0) is 25.0 Å². The Balaban J connectivity index is 2.40. The lowest BCUT2D eigenvalue weighted by molar-refractivity contribution is 0.686. The van der Waals surface area contributed by atoms with Crippen LogP contribution in [0.25, 0.3) is 5.65 Å². The largest absolute Gasteiger partial charge is 0.323 e. The Morgan fingerprint density at radius 2 is 2.38 bits per heavy atom. The molecule has 1 atom stereocenters. The molecule has 2 aromatic rings. The molecule has 2 heterocycles. The van der Waals surface area contributed by atoms with Crippen molar-refractivity contribution in [2.45, 2.75) is 18.9 Å². The van der Waals surface area contributed by atoms with E-state index in [1.807, 2.05) is 24.4 Å². The molecule has 0 saturated carbocycles. The molecule has 0 saturated heterocycles. The van der Waals surface area contributed by atoms with Crippen molar-refractivity contribution in [3.8, 4) is 0 Å². The van der Waals surface area contributed by atoms with Crippen molar-refractivity contribution in [1.29, 1.82) is 0 Å². The van der Waals surface area contributed by atoms with E-state index in [0.717, 1.165) is 18.5 Å². The molecular formula is C10H11N3. The third kappa shape index (κ3) is 0.848. The highest BCUT2D eigenvalue weighted by molar-refractivity contribution is 5.45. The normalized spacial score (nSPS) is 20.8. The first kappa shape index (κ1) is 7.09. The zero-order valence-corrected chi connectivity index (χ0v) is 7.27. The van der Waals surface area contributed by atoms with Crippen molar-refractivity contribution in [3.05, 3.63) is 35.8 Å². The summed E-state index contributed by atoms with van der Waals surface area (Å²) in [6.07, 6.45) is 4.10. The minimum Gasteiger partial charge on any atom is -0.323 e. The average Bonchev–Trinajstić information content (AvgIpc) is 2.66. The first-order valence-electron chi connectivity index (χ1n) is 4.58. The van der Waals surface area contributed by atoms with Gasteiger partial charge in [0.2, 0.25) is 0 Å². The number of hydrogen-bond donors (Lipinski definition) is 1. The molecule has 0 spiro atoms. The van der Waals surface area contributed by atoms with E-state index < -0.39 is 0 Å². The van der Waals surface area contributed by atoms with Crippen molar-refractivity contribution < 1.29 is 0 Å². The Kier molecular flexibility index (Phi) is 1.27. The Morgan fingerprint density at radius 1 is 1.46 bits per heavy atom. The zero-order chi connectivity index (χ0) is 8.84. The summed E-state index contributed by atoms with van der Waals surface area (Å²) in [5, 5.41) is 0. The number of hydrogen-bond acceptors (Lipinski definition) is 2. The van der Waals surface area contributed by atoms with Crippen LogP contribution in [0.4, 0.5) is 0 Å². The molecule has 1 aliphatic rings. The predicted molar refractivity (Wildman–Crippen MR) is 50.4 cm³/mol. The van der Waals surface area contributed by atoms with Gasteiger partial charge in [-0.3, -0.25) is 0 Å². The minimum atomic E-state index is 0.174. The van der Waals surface area contributed by atoms with E-state index in [0.29, 0.717) is 0 Å². The van der Waals surface area contributed by atoms with Crippen LogP contribution in [0.5, 0.6) is 0 Å². The first-order valence-corrected chi connectivity index (χ1v) is 4.58. The molecule has 0 radical (unpaired) electrons. The van der Waals surface area contributed by atoms with Gasteiger partial charge in [-0.15, -0.1) is 0 Å². The van der Waals surface area contributed by atoms with Crippen molar-refractivity contribution in [2.75, 3.05) is 0 Å². The highest BCUT2D eigenvalue weighted by Gasteiger charge is 2.24. The molecule has 3 heteroatoms. The summed E-state index contributed by atoms with van der Waals surface area (Å²) in [4.78, 5) is 4.53. The number of pyridine rings is 1. The lowest BCUT2D eigenvalue weighted by atomic mass is 10.2. The van der Waals surface area contributed by atoms with Crippen LogP contribution >= 0.6 is 0 Å². The lowest BCUT2D eigenvalue weighted by Crippen LogP contribution is -2.08. The van der Waals surface area contributed by atoms with Gasteiger partial charge in [-0.2, -0.15) is 0 Å². The van der Waals surface area contributed by atoms with Gasteiger partial charge in [0.1, 0.15) is 5.65 Å². The predicted octanol–water partition coefficient (Wildman–Crippen LogP) is 1.28. The summed E-state index contributed by atoms with van der Waals surface area (Å²) in [5.74, 6) is 0. The second-order valence-electron chi connectivity index (χ2n) is 3.52. The number of aromatic nitrogens is 2. The maximum Gasteiger partial charge on any atom is 0.137 e. The monoisotopic (exact) mass is 173 g/mol. The molecule has 2 N–H and O–H groups in total. The zero-order valence-electron chi connectivity index (χ0n) is 7.27. The molecule has 1 unspecified atom stereocenters. The van der Waals surface area contributed by atoms with Gasteiger partial charge in [0, 0.05) is 12.2 Å². The summed E-state index contributed by atoms with van der Waals surface area (Å²) in [5.41, 5.74) is 9.40. The lowest BCUT2D eigenvalue weighted by Gasteiger charge is -2.03. The van der Waals surface area contributed by atoms with Crippen LogP contribution in [0.1, 0.15) is 23.9 Å². The molecule has 0 aromatic carbocycles. The van der Waals surface area contributed by atoms with Crippen LogP contribution in [0.2, 0.25) is 0 Å². The van der Waals surface area contributed by atoms with E-state index >= 15 is 0 Å². The van der Waals surface area contributed by atoms with E-state index in [1.54, 1.807) is 0 Å². The summed E-state index contributed by atoms with van der Waals surface area (Å²) >= 11 is 0. The van der Waals surface area contributed by atoms with Crippen molar-refractivity contribution in [1.82, 2.24) is 9.38 Å². The minimum absolute atomic E-state index is 0.174. The van der Waals surface area contributed by atoms with Crippen molar-refractivity contribution in [3.63, 3.8) is 0 Å². The first-order chi connectivity index (χ1) is 6.36. The highest BCUT2D eigenvalue weighted by atomic mass is 15.0. The van der Waals surface area contributed by atoms with Crippen LogP contribution in [-0.4, -0.2) is 9.38 Å². The van der Waals surface area contributed by atoms with Crippen LogP contribution < -0.4 is 5.73 Å². The molecule has 0 amide bonds. The van der Waals surface area contributed by atoms with Gasteiger partial charge in [0.25, 0.3) is 0 Å². The van der Waals surface area contributed by atoms with E-state index in [-0.39, 0.29) is 6.04 Å². The van der Waals surface area contributed by atoms with Crippen LogP contribution in [-0.2, 0) is 6.42 Å². The molecule has 3 rings (SSSR count). The molecule has 0 aliphatic heterocycles. The van der Waals surface area contributed by atoms with Gasteiger partial charge in [-0.1, -0.05) is 6.07 Å². The smallest absolute Gasteiger partial charge is 0.137 e. The van der Waals surface area contributed by atoms with Crippen LogP contribution in [0.3, 0.4) is 0 Å². The van der Waals surface area contributed by atoms with Crippen LogP contribution in [0.15, 0.2) is 24.4 Å². The van der Waals surface area contributed by atoms with Crippen molar-refractivity contribution in [2.24, 2.45) is 5.73 Å². The van der Waals surface area contributed by atoms with E-state index in [4.69, 9.17) is 5.73 Å². The Bertz CT molecular complexity index is 458. The summed E-state index contributed by atoms with van der Waals surface area (Å²) in [6.45, 7) is 0. The molecule has 0 fully saturated rings. The number of nitrogens with two attached hydrogens (primary N) is 1. The fraction of sp³-hybridized carbons (Fsp3) is 0.300. The quantitative estimate of drug-likeness (QED) is 0.652. The van der Waals surface area contributed by atoms with Gasteiger partial charge >= 0.3 is 0 Å². The third-order valence-electron chi connectivity index (χ3n) is 2.69. The second-order valence-corrected chi connectivity index (χ2v) is 3.52. The molecule has 66 valence electrons. The summed E-state index contributed by atoms with van der Waals surface area (Å²) in [7, 11) is 0. The summed E-state index contributed by atoms with van der Waals surface area (Å²) < 4.78 is 2.10. The number of nitrogens with zero attached hydrogens (tertiary/aromatic N) is 2. The molecular weight excluding hydrogens is 162 g/mol. The van der Waals surface area contributed by atoms with E-state index in [2.05, 4.69) is 9.38 Å². The standard InChI is InChI=1S/C10H11N3/c11-7-4-5-8-10(7)13-6-2-1-3-9(13)12-8/h1-3,6-7H,4-5,11H2. The highest BCUT2D eigenvalue weighted by Crippen LogP contribution is 2.29. The fourth-order valence-electron chi connectivity index (χ4n) is 2.07. The number of imidazole rings is 1. The molecule has 0 bridgehead atoms. The molecule has 13 heavy (non-hydrogen) atoms. The van der Waals surface area contributed by atoms with Gasteiger partial charge in [-0.25, -0.2) is 4.98 Å². The van der Waals surface area contributed by atoms with Gasteiger partial charge in [0.15, 0.2) is 0 Å². The number of fused-ring (bicyclic) bond motifs is 3. The fourth-order valence-corrected chi connectivity index (χ4v) is 2.07. The maximum atomic E-state index is 6.00. The van der Waals surface area contributed by atoms with Crippen molar-refractivity contribution >= 4 is 5.65 Å². The topological polar surface area (TPSA) is 43.3 Å². The van der Waals surface area contributed by atoms with Crippen LogP contribution in [0, 0.1) is 0 Å². The SMILES string of the molecule is NC1CCc2nc3ccccn3c21. The Hall–Kier alpha value is -1.35. The van der Waals surface area contributed by atoms with Gasteiger partial charge in [0.05, 0.1) is 11.4 Å². The van der Waals surface area contributed by atoms with Gasteiger partial charge < -0.3 is 10.1 Å². The molecule has 1 aliphatic carbocycles. The van der Waals surface area contributed by atoms with E-state index in [9.17, 15) is 0 Å². The molecule has 3 nitrogen and oxygen atoms in total. The summed E-state index contributed by atoms with van der Waals surface area (Å²) in [6, 6.07) is 6.21. The number of rotatable bonds is 0. The average molecular weight is 173 g/mol. The maximum absolute atomic E-state index is 6.00.